The predicted octanol–water partition coefficient (Wildman–Crippen LogP) is 3.25. The van der Waals surface area contributed by atoms with E-state index in [1.54, 1.807) is 15.9 Å². The number of ether oxygens (including phenoxy) is 2. The highest BCUT2D eigenvalue weighted by molar-refractivity contribution is 6.33. The van der Waals surface area contributed by atoms with Crippen LogP contribution in [-0.2, 0) is 4.79 Å². The normalized spacial score (nSPS) is 16.1. The van der Waals surface area contributed by atoms with Crippen molar-refractivity contribution in [1.29, 1.82) is 0 Å². The van der Waals surface area contributed by atoms with Gasteiger partial charge in [-0.25, -0.2) is 4.39 Å². The largest absolute Gasteiger partial charge is 0.486 e. The van der Waals surface area contributed by atoms with Crippen LogP contribution in [0.15, 0.2) is 42.5 Å². The fourth-order valence-corrected chi connectivity index (χ4v) is 3.65. The van der Waals surface area contributed by atoms with Crippen molar-refractivity contribution in [2.45, 2.75) is 0 Å². The smallest absolute Gasteiger partial charge is 0.255 e. The monoisotopic (exact) mass is 430 g/mol. The van der Waals surface area contributed by atoms with Gasteiger partial charge in [-0.05, 0) is 42.0 Å². The van der Waals surface area contributed by atoms with E-state index in [-0.39, 0.29) is 22.4 Å². The van der Waals surface area contributed by atoms with Crippen LogP contribution in [0.2, 0.25) is 5.02 Å². The molecule has 2 aliphatic heterocycles. The standard InChI is InChI=1S/C22H20ClFN2O4/c23-18-14-16(24)3-4-17(18)22(28)26-9-7-25(8-10-26)21(27)6-2-15-1-5-19-20(13-15)30-12-11-29-19/h1-6,13-14H,7-12H2/b6-2+. The lowest BCUT2D eigenvalue weighted by molar-refractivity contribution is -0.127. The third kappa shape index (κ3) is 4.41. The maximum absolute atomic E-state index is 13.2. The number of piperazine rings is 1. The Bertz CT molecular complexity index is 1000. The molecule has 6 nitrogen and oxygen atoms in total. The third-order valence-electron chi connectivity index (χ3n) is 5.02. The number of rotatable bonds is 3. The van der Waals surface area contributed by atoms with Crippen molar-refractivity contribution in [2.24, 2.45) is 0 Å². The minimum atomic E-state index is -0.489. The van der Waals surface area contributed by atoms with Crippen LogP contribution in [0.1, 0.15) is 15.9 Å². The molecule has 4 rings (SSSR count). The highest BCUT2D eigenvalue weighted by atomic mass is 35.5. The Kier molecular flexibility index (Phi) is 5.90. The second-order valence-corrected chi connectivity index (χ2v) is 7.39. The van der Waals surface area contributed by atoms with E-state index >= 15 is 0 Å². The van der Waals surface area contributed by atoms with Gasteiger partial charge in [0, 0.05) is 32.3 Å². The van der Waals surface area contributed by atoms with Crippen molar-refractivity contribution in [3.63, 3.8) is 0 Å². The zero-order valence-electron chi connectivity index (χ0n) is 16.1. The van der Waals surface area contributed by atoms with Gasteiger partial charge in [0.15, 0.2) is 11.5 Å². The summed E-state index contributed by atoms with van der Waals surface area (Å²) in [6.45, 7) is 2.63. The Hall–Kier alpha value is -3.06. The highest BCUT2D eigenvalue weighted by Gasteiger charge is 2.25. The summed E-state index contributed by atoms with van der Waals surface area (Å²) in [6.07, 6.45) is 3.25. The van der Waals surface area contributed by atoms with Crippen LogP contribution in [0.3, 0.4) is 0 Å². The lowest BCUT2D eigenvalue weighted by atomic mass is 10.1. The fraction of sp³-hybridized carbons (Fsp3) is 0.273. The van der Waals surface area contributed by atoms with Crippen LogP contribution >= 0.6 is 11.6 Å². The van der Waals surface area contributed by atoms with Crippen molar-refractivity contribution in [3.05, 3.63) is 64.4 Å². The number of halogens is 2. The van der Waals surface area contributed by atoms with Crippen LogP contribution in [0.5, 0.6) is 11.5 Å². The van der Waals surface area contributed by atoms with Crippen LogP contribution in [-0.4, -0.2) is 61.0 Å². The first-order valence-electron chi connectivity index (χ1n) is 9.62. The van der Waals surface area contributed by atoms with E-state index in [0.29, 0.717) is 50.9 Å². The molecule has 0 saturated carbocycles. The number of carbonyl (C=O) groups excluding carboxylic acids is 2. The minimum absolute atomic E-state index is 0.0841. The summed E-state index contributed by atoms with van der Waals surface area (Å²) >= 11 is 5.99. The summed E-state index contributed by atoms with van der Waals surface area (Å²) in [4.78, 5) is 28.4. The van der Waals surface area contributed by atoms with E-state index in [1.807, 2.05) is 18.2 Å². The summed E-state index contributed by atoms with van der Waals surface area (Å²) < 4.78 is 24.2. The average molecular weight is 431 g/mol. The maximum Gasteiger partial charge on any atom is 0.255 e. The number of amides is 2. The molecule has 0 bridgehead atoms. The second kappa shape index (κ2) is 8.75. The van der Waals surface area contributed by atoms with E-state index in [9.17, 15) is 14.0 Å². The zero-order valence-corrected chi connectivity index (χ0v) is 16.9. The number of fused-ring (bicyclic) bond motifs is 1. The Morgan fingerprint density at radius 3 is 2.37 bits per heavy atom. The third-order valence-corrected chi connectivity index (χ3v) is 5.34. The van der Waals surface area contributed by atoms with Crippen LogP contribution in [0.25, 0.3) is 6.08 Å². The van der Waals surface area contributed by atoms with Gasteiger partial charge >= 0.3 is 0 Å². The molecule has 2 aromatic rings. The predicted molar refractivity (Wildman–Crippen MR) is 110 cm³/mol. The molecule has 0 aromatic heterocycles. The molecule has 2 amide bonds. The van der Waals surface area contributed by atoms with Crippen molar-refractivity contribution in [1.82, 2.24) is 9.80 Å². The first-order chi connectivity index (χ1) is 14.5. The molecule has 30 heavy (non-hydrogen) atoms. The van der Waals surface area contributed by atoms with E-state index in [2.05, 4.69) is 0 Å². The minimum Gasteiger partial charge on any atom is -0.486 e. The Labute approximate surface area is 178 Å². The lowest BCUT2D eigenvalue weighted by Crippen LogP contribution is -2.50. The molecular formula is C22H20ClFN2O4. The quantitative estimate of drug-likeness (QED) is 0.701. The summed E-state index contributed by atoms with van der Waals surface area (Å²) in [7, 11) is 0. The molecule has 0 atom stereocenters. The molecule has 0 spiro atoms. The van der Waals surface area contributed by atoms with Gasteiger partial charge in [0.1, 0.15) is 19.0 Å². The van der Waals surface area contributed by atoms with Gasteiger partial charge in [0.05, 0.1) is 10.6 Å². The maximum atomic E-state index is 13.2. The zero-order chi connectivity index (χ0) is 21.1. The Balaban J connectivity index is 1.34. The van der Waals surface area contributed by atoms with Crippen molar-refractivity contribution in [2.75, 3.05) is 39.4 Å². The van der Waals surface area contributed by atoms with Gasteiger partial charge in [-0.2, -0.15) is 0 Å². The van der Waals surface area contributed by atoms with Crippen molar-refractivity contribution >= 4 is 29.5 Å². The van der Waals surface area contributed by atoms with Gasteiger partial charge in [0.2, 0.25) is 5.91 Å². The summed E-state index contributed by atoms with van der Waals surface area (Å²) in [5.41, 5.74) is 1.10. The molecule has 156 valence electrons. The second-order valence-electron chi connectivity index (χ2n) is 6.98. The number of nitrogens with zero attached hydrogens (tertiary/aromatic N) is 2. The number of hydrogen-bond acceptors (Lipinski definition) is 4. The molecule has 1 saturated heterocycles. The number of benzene rings is 2. The summed E-state index contributed by atoms with van der Waals surface area (Å²) in [5.74, 6) is 0.488. The van der Waals surface area contributed by atoms with Crippen LogP contribution in [0.4, 0.5) is 4.39 Å². The fourth-order valence-electron chi connectivity index (χ4n) is 3.40. The summed E-state index contributed by atoms with van der Waals surface area (Å²) in [5, 5.41) is 0.0841. The van der Waals surface area contributed by atoms with Crippen molar-refractivity contribution in [3.8, 4) is 11.5 Å². The Morgan fingerprint density at radius 1 is 0.933 bits per heavy atom. The summed E-state index contributed by atoms with van der Waals surface area (Å²) in [6, 6.07) is 9.23. The molecule has 0 unspecified atom stereocenters. The van der Waals surface area contributed by atoms with Crippen LogP contribution < -0.4 is 9.47 Å². The van der Waals surface area contributed by atoms with Crippen LogP contribution in [0, 0.1) is 5.82 Å². The molecule has 0 aliphatic carbocycles. The van der Waals surface area contributed by atoms with Gasteiger partial charge in [-0.15, -0.1) is 0 Å². The first kappa shape index (κ1) is 20.2. The molecule has 0 N–H and O–H groups in total. The lowest BCUT2D eigenvalue weighted by Gasteiger charge is -2.34. The molecule has 2 aromatic carbocycles. The molecule has 2 aliphatic rings. The SMILES string of the molecule is O=C(/C=C/c1ccc2c(c1)OCCO2)N1CCN(C(=O)c2ccc(F)cc2Cl)CC1. The molecule has 0 radical (unpaired) electrons. The molecular weight excluding hydrogens is 411 g/mol. The Morgan fingerprint density at radius 2 is 1.63 bits per heavy atom. The topological polar surface area (TPSA) is 59.1 Å². The molecule has 2 heterocycles. The first-order valence-corrected chi connectivity index (χ1v) is 10.00. The van der Waals surface area contributed by atoms with Gasteiger partial charge in [0.25, 0.3) is 5.91 Å². The number of hydrogen-bond donors (Lipinski definition) is 0. The molecule has 1 fully saturated rings. The van der Waals surface area contributed by atoms with Crippen molar-refractivity contribution < 1.29 is 23.5 Å². The van der Waals surface area contributed by atoms with Gasteiger partial charge < -0.3 is 19.3 Å². The number of carbonyl (C=O) groups is 2. The average Bonchev–Trinajstić information content (AvgIpc) is 2.77. The molecule has 8 heteroatoms. The highest BCUT2D eigenvalue weighted by Crippen LogP contribution is 2.31. The van der Waals surface area contributed by atoms with Gasteiger partial charge in [-0.3, -0.25) is 9.59 Å². The van der Waals surface area contributed by atoms with Gasteiger partial charge in [-0.1, -0.05) is 17.7 Å². The van der Waals surface area contributed by atoms with E-state index < -0.39 is 5.82 Å². The van der Waals surface area contributed by atoms with E-state index in [0.717, 1.165) is 11.6 Å². The van der Waals surface area contributed by atoms with E-state index in [4.69, 9.17) is 21.1 Å². The van der Waals surface area contributed by atoms with E-state index in [1.165, 1.54) is 18.2 Å².